The fraction of sp³-hybridized carbons (Fsp3) is 0.167. The van der Waals surface area contributed by atoms with E-state index in [4.69, 9.17) is 24.4 Å². The molecule has 0 aliphatic heterocycles. The zero-order valence-corrected chi connectivity index (χ0v) is 7.52. The van der Waals surface area contributed by atoms with Crippen LogP contribution in [-0.2, 0) is 11.2 Å². The van der Waals surface area contributed by atoms with E-state index < -0.39 is 7.82 Å². The molecule has 0 aliphatic carbocycles. The monoisotopic (exact) mass is 207 g/mol. The maximum atomic E-state index is 8.77. The average molecular weight is 207 g/mol. The van der Waals surface area contributed by atoms with Crippen LogP contribution in [0.15, 0.2) is 24.4 Å². The third kappa shape index (κ3) is 11.2. The van der Waals surface area contributed by atoms with Crippen molar-refractivity contribution < 1.29 is 29.3 Å². The molecule has 4 N–H and O–H groups in total. The van der Waals surface area contributed by atoms with Crippen LogP contribution in [0, 0.1) is 0 Å². The minimum Gasteiger partial charge on any atom is -0.756 e. The van der Waals surface area contributed by atoms with E-state index in [1.165, 1.54) is 0 Å². The number of H-pyrrole nitrogens is 1. The highest BCUT2D eigenvalue weighted by Crippen LogP contribution is 2.18. The first-order chi connectivity index (χ1) is 5.93. The number of hydrogen-bond donors (Lipinski definition) is 3. The predicted octanol–water partition coefficient (Wildman–Crippen LogP) is -1.57. The SMILES string of the molecule is O=P([O-])(O)O.OCc1cccc[nH+]1. The second kappa shape index (κ2) is 5.80. The van der Waals surface area contributed by atoms with Crippen molar-refractivity contribution in [3.05, 3.63) is 30.1 Å². The number of aromatic nitrogens is 1. The number of phosphoric acid groups is 1. The summed E-state index contributed by atoms with van der Waals surface area (Å²) in [6.07, 6.45) is 1.78. The summed E-state index contributed by atoms with van der Waals surface area (Å²) in [6, 6.07) is 5.58. The Kier molecular flexibility index (Phi) is 5.45. The second-order valence-corrected chi connectivity index (χ2v) is 3.02. The Morgan fingerprint density at radius 2 is 2.00 bits per heavy atom. The summed E-state index contributed by atoms with van der Waals surface area (Å²) in [7, 11) is -4.89. The molecule has 0 saturated carbocycles. The van der Waals surface area contributed by atoms with Crippen molar-refractivity contribution in [3.8, 4) is 0 Å². The van der Waals surface area contributed by atoms with Gasteiger partial charge in [0.15, 0.2) is 6.20 Å². The molecule has 6 nitrogen and oxygen atoms in total. The lowest BCUT2D eigenvalue weighted by molar-refractivity contribution is -0.394. The van der Waals surface area contributed by atoms with Gasteiger partial charge in [0.2, 0.25) is 5.69 Å². The number of hydrogen-bond acceptors (Lipinski definition) is 3. The summed E-state index contributed by atoms with van der Waals surface area (Å²) in [5.41, 5.74) is 0.840. The van der Waals surface area contributed by atoms with E-state index >= 15 is 0 Å². The molecule has 0 amide bonds. The van der Waals surface area contributed by atoms with E-state index in [1.54, 1.807) is 6.20 Å². The van der Waals surface area contributed by atoms with Gasteiger partial charge in [0, 0.05) is 12.1 Å². The molecule has 7 heteroatoms. The minimum atomic E-state index is -4.89. The summed E-state index contributed by atoms with van der Waals surface area (Å²) >= 11 is 0. The van der Waals surface area contributed by atoms with E-state index in [-0.39, 0.29) is 6.61 Å². The van der Waals surface area contributed by atoms with Gasteiger partial charge in [0.05, 0.1) is 0 Å². The largest absolute Gasteiger partial charge is 0.756 e. The van der Waals surface area contributed by atoms with Gasteiger partial charge >= 0.3 is 0 Å². The lowest BCUT2D eigenvalue weighted by Crippen LogP contribution is -2.07. The third-order valence-corrected chi connectivity index (χ3v) is 0.944. The molecule has 0 aromatic carbocycles. The van der Waals surface area contributed by atoms with Crippen LogP contribution in [0.4, 0.5) is 0 Å². The van der Waals surface area contributed by atoms with Crippen molar-refractivity contribution in [3.63, 3.8) is 0 Å². The predicted molar refractivity (Wildman–Crippen MR) is 41.0 cm³/mol. The van der Waals surface area contributed by atoms with Crippen LogP contribution in [0.5, 0.6) is 0 Å². The van der Waals surface area contributed by atoms with Gasteiger partial charge in [-0.3, -0.25) is 4.57 Å². The second-order valence-electron chi connectivity index (χ2n) is 2.04. The summed E-state index contributed by atoms with van der Waals surface area (Å²) < 4.78 is 8.77. The maximum Gasteiger partial charge on any atom is 0.262 e. The fourth-order valence-corrected chi connectivity index (χ4v) is 0.529. The van der Waals surface area contributed by atoms with Gasteiger partial charge in [-0.2, -0.15) is 0 Å². The summed E-state index contributed by atoms with van der Waals surface area (Å²) in [5, 5.41) is 8.51. The van der Waals surface area contributed by atoms with Crippen LogP contribution < -0.4 is 9.88 Å². The smallest absolute Gasteiger partial charge is 0.262 e. The quantitative estimate of drug-likeness (QED) is 0.481. The Morgan fingerprint density at radius 3 is 2.23 bits per heavy atom. The van der Waals surface area contributed by atoms with Gasteiger partial charge in [-0.05, 0) is 0 Å². The lowest BCUT2D eigenvalue weighted by atomic mass is 10.4. The van der Waals surface area contributed by atoms with Crippen molar-refractivity contribution in [1.82, 2.24) is 0 Å². The van der Waals surface area contributed by atoms with E-state index in [9.17, 15) is 0 Å². The van der Waals surface area contributed by atoms with E-state index in [0.717, 1.165) is 5.69 Å². The first-order valence-electron chi connectivity index (χ1n) is 3.26. The van der Waals surface area contributed by atoms with Crippen molar-refractivity contribution in [2.45, 2.75) is 6.61 Å². The van der Waals surface area contributed by atoms with Crippen LogP contribution in [0.2, 0.25) is 0 Å². The average Bonchev–Trinajstić information content (AvgIpc) is 2.03. The molecule has 1 rings (SSSR count). The van der Waals surface area contributed by atoms with Gasteiger partial charge in [-0.1, -0.05) is 6.07 Å². The van der Waals surface area contributed by atoms with Crippen LogP contribution in [0.1, 0.15) is 5.69 Å². The van der Waals surface area contributed by atoms with Crippen molar-refractivity contribution in [2.24, 2.45) is 0 Å². The number of rotatable bonds is 1. The molecule has 0 aliphatic rings. The fourth-order valence-electron chi connectivity index (χ4n) is 0.529. The molecule has 1 aromatic rings. The van der Waals surface area contributed by atoms with Gasteiger partial charge in [0.25, 0.3) is 7.82 Å². The number of aliphatic hydroxyl groups excluding tert-OH is 1. The zero-order valence-electron chi connectivity index (χ0n) is 6.62. The molecular formula is C6H10NO5P. The minimum absolute atomic E-state index is 0.0842. The highest BCUT2D eigenvalue weighted by molar-refractivity contribution is 7.43. The summed E-state index contributed by atoms with van der Waals surface area (Å²) in [5.74, 6) is 0. The van der Waals surface area contributed by atoms with Gasteiger partial charge < -0.3 is 19.8 Å². The van der Waals surface area contributed by atoms with Crippen LogP contribution in [0.3, 0.4) is 0 Å². The highest BCUT2D eigenvalue weighted by atomic mass is 31.2. The van der Waals surface area contributed by atoms with E-state index in [0.29, 0.717) is 0 Å². The van der Waals surface area contributed by atoms with Crippen molar-refractivity contribution >= 4 is 7.82 Å². The molecular weight excluding hydrogens is 197 g/mol. The highest BCUT2D eigenvalue weighted by Gasteiger charge is 1.90. The molecule has 74 valence electrons. The van der Waals surface area contributed by atoms with Crippen molar-refractivity contribution in [1.29, 1.82) is 0 Å². The van der Waals surface area contributed by atoms with Crippen LogP contribution in [-0.4, -0.2) is 14.9 Å². The first-order valence-corrected chi connectivity index (χ1v) is 4.79. The number of nitrogens with one attached hydrogen (secondary N) is 1. The molecule has 0 bridgehead atoms. The van der Waals surface area contributed by atoms with Gasteiger partial charge in [-0.25, -0.2) is 4.98 Å². The number of aliphatic hydroxyl groups is 1. The van der Waals surface area contributed by atoms with Crippen LogP contribution >= 0.6 is 7.82 Å². The van der Waals surface area contributed by atoms with Crippen LogP contribution in [0.25, 0.3) is 0 Å². The molecule has 0 radical (unpaired) electrons. The van der Waals surface area contributed by atoms with Gasteiger partial charge in [0.1, 0.15) is 6.61 Å². The topological polar surface area (TPSA) is 115 Å². The first kappa shape index (κ1) is 12.2. The Balaban J connectivity index is 0.000000252. The maximum absolute atomic E-state index is 8.77. The van der Waals surface area contributed by atoms with Gasteiger partial charge in [-0.15, -0.1) is 0 Å². The molecule has 1 heterocycles. The number of aromatic amines is 1. The lowest BCUT2D eigenvalue weighted by Gasteiger charge is -2.01. The Hall–Kier alpha value is -0.780. The standard InChI is InChI=1S/C6H7NO.H3O4P/c8-5-6-3-1-2-4-7-6;1-5(2,3)4/h1-4,8H,5H2;(H3,1,2,3,4). The van der Waals surface area contributed by atoms with E-state index in [2.05, 4.69) is 4.98 Å². The molecule has 0 atom stereocenters. The summed E-state index contributed by atoms with van der Waals surface area (Å²) in [4.78, 5) is 25.8. The third-order valence-electron chi connectivity index (χ3n) is 0.944. The zero-order chi connectivity index (χ0) is 10.3. The Labute approximate surface area is 74.7 Å². The number of pyridine rings is 1. The Morgan fingerprint density at radius 1 is 1.46 bits per heavy atom. The molecule has 0 unspecified atom stereocenters. The van der Waals surface area contributed by atoms with Crippen molar-refractivity contribution in [2.75, 3.05) is 0 Å². The Bertz CT molecular complexity index is 263. The molecule has 0 spiro atoms. The van der Waals surface area contributed by atoms with E-state index in [1.807, 2.05) is 18.2 Å². The molecule has 1 aromatic heterocycles. The molecule has 0 fully saturated rings. The summed E-state index contributed by atoms with van der Waals surface area (Å²) in [6.45, 7) is 0.0842. The normalized spacial score (nSPS) is 10.2. The molecule has 0 saturated heterocycles. The molecule has 13 heavy (non-hydrogen) atoms.